The SMILES string of the molecule is CC1CCN(CC(=O)N2CCCCCCC2)CC1O. The van der Waals surface area contributed by atoms with Gasteiger partial charge in [0.2, 0.25) is 5.91 Å². The topological polar surface area (TPSA) is 43.8 Å². The van der Waals surface area contributed by atoms with Gasteiger partial charge in [-0.2, -0.15) is 0 Å². The zero-order chi connectivity index (χ0) is 13.7. The van der Waals surface area contributed by atoms with Crippen molar-refractivity contribution in [3.8, 4) is 0 Å². The molecule has 110 valence electrons. The number of aliphatic hydroxyl groups excluding tert-OH is 1. The van der Waals surface area contributed by atoms with Gasteiger partial charge in [0.25, 0.3) is 0 Å². The lowest BCUT2D eigenvalue weighted by Crippen LogP contribution is -2.48. The van der Waals surface area contributed by atoms with E-state index in [9.17, 15) is 9.90 Å². The summed E-state index contributed by atoms with van der Waals surface area (Å²) >= 11 is 0. The highest BCUT2D eigenvalue weighted by molar-refractivity contribution is 5.78. The minimum absolute atomic E-state index is 0.253. The lowest BCUT2D eigenvalue weighted by molar-refractivity contribution is -0.133. The molecule has 0 saturated carbocycles. The zero-order valence-corrected chi connectivity index (χ0v) is 12.2. The van der Waals surface area contributed by atoms with Crippen molar-refractivity contribution in [2.45, 2.75) is 51.6 Å². The standard InChI is InChI=1S/C15H28N2O2/c1-13-7-10-16(11-14(13)18)12-15(19)17-8-5-3-2-4-6-9-17/h13-14,18H,2-12H2,1H3. The van der Waals surface area contributed by atoms with E-state index in [0.717, 1.165) is 38.9 Å². The van der Waals surface area contributed by atoms with Crippen LogP contribution in [-0.2, 0) is 4.79 Å². The smallest absolute Gasteiger partial charge is 0.236 e. The molecule has 2 unspecified atom stereocenters. The Labute approximate surface area is 116 Å². The van der Waals surface area contributed by atoms with E-state index in [0.29, 0.717) is 19.0 Å². The minimum atomic E-state index is -0.270. The molecule has 1 N–H and O–H groups in total. The normalized spacial score (nSPS) is 30.7. The molecular formula is C15H28N2O2. The maximum atomic E-state index is 12.3. The first-order chi connectivity index (χ1) is 9.16. The predicted molar refractivity (Wildman–Crippen MR) is 75.9 cm³/mol. The Morgan fingerprint density at radius 2 is 1.74 bits per heavy atom. The summed E-state index contributed by atoms with van der Waals surface area (Å²) in [5.41, 5.74) is 0. The first kappa shape index (κ1) is 14.8. The summed E-state index contributed by atoms with van der Waals surface area (Å²) in [5, 5.41) is 9.89. The van der Waals surface area contributed by atoms with Gasteiger partial charge in [0.1, 0.15) is 0 Å². The Balaban J connectivity index is 1.79. The highest BCUT2D eigenvalue weighted by atomic mass is 16.3. The van der Waals surface area contributed by atoms with E-state index in [-0.39, 0.29) is 12.0 Å². The molecule has 0 bridgehead atoms. The van der Waals surface area contributed by atoms with Crippen molar-refractivity contribution in [2.24, 2.45) is 5.92 Å². The van der Waals surface area contributed by atoms with Crippen molar-refractivity contribution in [1.82, 2.24) is 9.80 Å². The number of hydrogen-bond donors (Lipinski definition) is 1. The van der Waals surface area contributed by atoms with Gasteiger partial charge in [-0.15, -0.1) is 0 Å². The molecule has 2 fully saturated rings. The molecule has 0 spiro atoms. The van der Waals surface area contributed by atoms with Gasteiger partial charge < -0.3 is 10.0 Å². The van der Waals surface area contributed by atoms with Crippen molar-refractivity contribution in [2.75, 3.05) is 32.7 Å². The largest absolute Gasteiger partial charge is 0.392 e. The molecule has 1 amide bonds. The Morgan fingerprint density at radius 3 is 2.37 bits per heavy atom. The van der Waals surface area contributed by atoms with Crippen LogP contribution in [0.3, 0.4) is 0 Å². The second-order valence-corrected chi connectivity index (χ2v) is 6.22. The maximum absolute atomic E-state index is 12.3. The predicted octanol–water partition coefficient (Wildman–Crippen LogP) is 1.48. The number of aliphatic hydroxyl groups is 1. The molecule has 0 aromatic carbocycles. The highest BCUT2D eigenvalue weighted by Crippen LogP contribution is 2.17. The summed E-state index contributed by atoms with van der Waals surface area (Å²) in [6.45, 7) is 6.02. The highest BCUT2D eigenvalue weighted by Gasteiger charge is 2.26. The van der Waals surface area contributed by atoms with Gasteiger partial charge in [-0.05, 0) is 31.7 Å². The molecule has 0 radical (unpaired) electrons. The van der Waals surface area contributed by atoms with Crippen LogP contribution in [0.2, 0.25) is 0 Å². The Hall–Kier alpha value is -0.610. The van der Waals surface area contributed by atoms with E-state index >= 15 is 0 Å². The fraction of sp³-hybridized carbons (Fsp3) is 0.933. The summed E-state index contributed by atoms with van der Waals surface area (Å²) in [5.74, 6) is 0.622. The summed E-state index contributed by atoms with van der Waals surface area (Å²) in [7, 11) is 0. The lowest BCUT2D eigenvalue weighted by Gasteiger charge is -2.35. The van der Waals surface area contributed by atoms with Gasteiger partial charge in [-0.1, -0.05) is 26.2 Å². The van der Waals surface area contributed by atoms with E-state index in [1.165, 1.54) is 19.3 Å². The number of hydrogen-bond acceptors (Lipinski definition) is 3. The van der Waals surface area contributed by atoms with Gasteiger partial charge in [0.05, 0.1) is 12.6 Å². The summed E-state index contributed by atoms with van der Waals surface area (Å²) in [4.78, 5) is 16.5. The van der Waals surface area contributed by atoms with Crippen LogP contribution in [0, 0.1) is 5.92 Å². The monoisotopic (exact) mass is 268 g/mol. The number of likely N-dealkylation sites (tertiary alicyclic amines) is 2. The van der Waals surface area contributed by atoms with Crippen molar-refractivity contribution >= 4 is 5.91 Å². The number of carbonyl (C=O) groups excluding carboxylic acids is 1. The molecule has 2 rings (SSSR count). The van der Waals surface area contributed by atoms with Gasteiger partial charge in [0, 0.05) is 19.6 Å². The lowest BCUT2D eigenvalue weighted by atomic mass is 9.96. The Kier molecular flexibility index (Phi) is 5.64. The summed E-state index contributed by atoms with van der Waals surface area (Å²) < 4.78 is 0. The van der Waals surface area contributed by atoms with Crippen LogP contribution >= 0.6 is 0 Å². The first-order valence-electron chi connectivity index (χ1n) is 7.85. The molecule has 4 nitrogen and oxygen atoms in total. The average molecular weight is 268 g/mol. The molecule has 2 saturated heterocycles. The van der Waals surface area contributed by atoms with Crippen LogP contribution in [0.5, 0.6) is 0 Å². The van der Waals surface area contributed by atoms with Crippen LogP contribution < -0.4 is 0 Å². The third kappa shape index (κ3) is 4.46. The quantitative estimate of drug-likeness (QED) is 0.825. The zero-order valence-electron chi connectivity index (χ0n) is 12.2. The minimum Gasteiger partial charge on any atom is -0.392 e. The van der Waals surface area contributed by atoms with E-state index in [1.807, 2.05) is 4.90 Å². The molecule has 2 atom stereocenters. The number of β-amino-alcohol motifs (C(OH)–C–C–N with tert-alkyl or cyclic N) is 1. The fourth-order valence-electron chi connectivity index (χ4n) is 3.05. The fourth-order valence-corrected chi connectivity index (χ4v) is 3.05. The summed E-state index contributed by atoms with van der Waals surface area (Å²) in [6.07, 6.45) is 6.84. The average Bonchev–Trinajstić information content (AvgIpc) is 2.33. The molecule has 2 aliphatic rings. The van der Waals surface area contributed by atoms with Crippen LogP contribution in [0.15, 0.2) is 0 Å². The molecular weight excluding hydrogens is 240 g/mol. The number of rotatable bonds is 2. The van der Waals surface area contributed by atoms with Crippen molar-refractivity contribution in [1.29, 1.82) is 0 Å². The number of piperidine rings is 1. The van der Waals surface area contributed by atoms with E-state index in [1.54, 1.807) is 0 Å². The van der Waals surface area contributed by atoms with Crippen LogP contribution in [0.1, 0.15) is 45.4 Å². The number of carbonyl (C=O) groups is 1. The van der Waals surface area contributed by atoms with Crippen LogP contribution in [-0.4, -0.2) is 59.6 Å². The van der Waals surface area contributed by atoms with Gasteiger partial charge in [-0.25, -0.2) is 0 Å². The third-order valence-electron chi connectivity index (χ3n) is 4.57. The second kappa shape index (κ2) is 7.25. The second-order valence-electron chi connectivity index (χ2n) is 6.22. The number of amides is 1. The maximum Gasteiger partial charge on any atom is 0.236 e. The third-order valence-corrected chi connectivity index (χ3v) is 4.57. The molecule has 4 heteroatoms. The molecule has 0 aliphatic carbocycles. The molecule has 0 aromatic heterocycles. The summed E-state index contributed by atoms with van der Waals surface area (Å²) in [6, 6.07) is 0. The Morgan fingerprint density at radius 1 is 1.11 bits per heavy atom. The van der Waals surface area contributed by atoms with Crippen LogP contribution in [0.4, 0.5) is 0 Å². The van der Waals surface area contributed by atoms with Gasteiger partial charge >= 0.3 is 0 Å². The van der Waals surface area contributed by atoms with Crippen LogP contribution in [0.25, 0.3) is 0 Å². The molecule has 0 aromatic rings. The Bertz CT molecular complexity index is 288. The van der Waals surface area contributed by atoms with Gasteiger partial charge in [-0.3, -0.25) is 9.69 Å². The van der Waals surface area contributed by atoms with E-state index in [2.05, 4.69) is 11.8 Å². The molecule has 2 heterocycles. The number of nitrogens with zero attached hydrogens (tertiary/aromatic N) is 2. The molecule has 2 aliphatic heterocycles. The van der Waals surface area contributed by atoms with Gasteiger partial charge in [0.15, 0.2) is 0 Å². The molecule has 19 heavy (non-hydrogen) atoms. The van der Waals surface area contributed by atoms with Crippen molar-refractivity contribution < 1.29 is 9.90 Å². The van der Waals surface area contributed by atoms with E-state index in [4.69, 9.17) is 0 Å². The van der Waals surface area contributed by atoms with Crippen molar-refractivity contribution in [3.05, 3.63) is 0 Å². The van der Waals surface area contributed by atoms with E-state index < -0.39 is 0 Å². The first-order valence-corrected chi connectivity index (χ1v) is 7.85. The van der Waals surface area contributed by atoms with Crippen molar-refractivity contribution in [3.63, 3.8) is 0 Å².